The second kappa shape index (κ2) is 7.32. The van der Waals surface area contributed by atoms with Gasteiger partial charge in [-0.05, 0) is 12.8 Å². The number of nitrogens with two attached hydrogens (primary N) is 2. The molecule has 0 heterocycles. The van der Waals surface area contributed by atoms with E-state index in [-0.39, 0.29) is 12.8 Å². The predicted octanol–water partition coefficient (Wildman–Crippen LogP) is -0.0775. The number of primary amides is 1. The Labute approximate surface area is 83.8 Å². The zero-order valence-electron chi connectivity index (χ0n) is 8.49. The van der Waals surface area contributed by atoms with Crippen LogP contribution in [0, 0.1) is 0 Å². The number of hydrogen-bond donors (Lipinski definition) is 2. The van der Waals surface area contributed by atoms with Gasteiger partial charge in [0, 0.05) is 6.42 Å². The van der Waals surface area contributed by atoms with Gasteiger partial charge in [0.25, 0.3) is 0 Å². The van der Waals surface area contributed by atoms with Crippen LogP contribution in [0.4, 0.5) is 0 Å². The first-order chi connectivity index (χ1) is 6.57. The zero-order valence-corrected chi connectivity index (χ0v) is 8.49. The molecule has 0 aliphatic rings. The maximum absolute atomic E-state index is 11.1. The molecule has 82 valence electrons. The van der Waals surface area contributed by atoms with Crippen molar-refractivity contribution in [3.05, 3.63) is 0 Å². The molecule has 0 radical (unpaired) electrons. The maximum atomic E-state index is 11.1. The van der Waals surface area contributed by atoms with Crippen molar-refractivity contribution in [2.24, 2.45) is 11.5 Å². The molecular weight excluding hydrogens is 184 g/mol. The number of unbranched alkanes of at least 4 members (excludes halogenated alkanes) is 1. The summed E-state index contributed by atoms with van der Waals surface area (Å²) in [6.45, 7) is 2.39. The molecule has 0 saturated heterocycles. The summed E-state index contributed by atoms with van der Waals surface area (Å²) in [5, 5.41) is 0. The molecule has 0 rings (SSSR count). The molecule has 5 nitrogen and oxygen atoms in total. The highest BCUT2D eigenvalue weighted by Gasteiger charge is 2.15. The summed E-state index contributed by atoms with van der Waals surface area (Å²) in [5.74, 6) is -0.915. The highest BCUT2D eigenvalue weighted by atomic mass is 16.5. The lowest BCUT2D eigenvalue weighted by Crippen LogP contribution is -2.33. The second-order valence-corrected chi connectivity index (χ2v) is 3.13. The Hall–Kier alpha value is -1.10. The molecule has 14 heavy (non-hydrogen) atoms. The van der Waals surface area contributed by atoms with Crippen molar-refractivity contribution in [1.82, 2.24) is 0 Å². The van der Waals surface area contributed by atoms with Gasteiger partial charge in [-0.1, -0.05) is 13.3 Å². The van der Waals surface area contributed by atoms with E-state index in [1.165, 1.54) is 0 Å². The standard InChI is InChI=1S/C9H18N2O3/c1-2-3-6-14-9(13)7(10)4-5-8(11)12/h7H,2-6,10H2,1H3,(H2,11,12)/t7-/m0/s1. The van der Waals surface area contributed by atoms with Gasteiger partial charge in [-0.25, -0.2) is 0 Å². The predicted molar refractivity (Wildman–Crippen MR) is 52.3 cm³/mol. The van der Waals surface area contributed by atoms with Crippen LogP contribution in [0.5, 0.6) is 0 Å². The van der Waals surface area contributed by atoms with E-state index in [1.807, 2.05) is 6.92 Å². The number of ether oxygens (including phenoxy) is 1. The van der Waals surface area contributed by atoms with E-state index >= 15 is 0 Å². The van der Waals surface area contributed by atoms with E-state index in [4.69, 9.17) is 16.2 Å². The minimum absolute atomic E-state index is 0.115. The first-order valence-electron chi connectivity index (χ1n) is 4.78. The largest absolute Gasteiger partial charge is 0.465 e. The van der Waals surface area contributed by atoms with E-state index in [0.717, 1.165) is 12.8 Å². The van der Waals surface area contributed by atoms with Crippen molar-refractivity contribution in [2.75, 3.05) is 6.61 Å². The third-order valence-corrected chi connectivity index (χ3v) is 1.75. The van der Waals surface area contributed by atoms with Crippen LogP contribution >= 0.6 is 0 Å². The van der Waals surface area contributed by atoms with Gasteiger partial charge in [-0.2, -0.15) is 0 Å². The van der Waals surface area contributed by atoms with Gasteiger partial charge in [0.05, 0.1) is 6.61 Å². The van der Waals surface area contributed by atoms with E-state index in [2.05, 4.69) is 0 Å². The molecule has 0 saturated carbocycles. The zero-order chi connectivity index (χ0) is 11.0. The van der Waals surface area contributed by atoms with E-state index in [9.17, 15) is 9.59 Å². The summed E-state index contributed by atoms with van der Waals surface area (Å²) in [7, 11) is 0. The average Bonchev–Trinajstić information content (AvgIpc) is 2.14. The Kier molecular flexibility index (Phi) is 6.74. The minimum Gasteiger partial charge on any atom is -0.465 e. The molecule has 0 spiro atoms. The van der Waals surface area contributed by atoms with Crippen LogP contribution in [-0.4, -0.2) is 24.5 Å². The monoisotopic (exact) mass is 202 g/mol. The van der Waals surface area contributed by atoms with Gasteiger partial charge in [-0.3, -0.25) is 9.59 Å². The van der Waals surface area contributed by atoms with Crippen LogP contribution in [0.3, 0.4) is 0 Å². The maximum Gasteiger partial charge on any atom is 0.322 e. The van der Waals surface area contributed by atoms with Gasteiger partial charge in [0.2, 0.25) is 5.91 Å². The van der Waals surface area contributed by atoms with Crippen LogP contribution in [0.1, 0.15) is 32.6 Å². The smallest absolute Gasteiger partial charge is 0.322 e. The van der Waals surface area contributed by atoms with Gasteiger partial charge in [-0.15, -0.1) is 0 Å². The Morgan fingerprint density at radius 3 is 2.57 bits per heavy atom. The molecule has 0 bridgehead atoms. The molecule has 0 aliphatic carbocycles. The van der Waals surface area contributed by atoms with Crippen LogP contribution < -0.4 is 11.5 Å². The lowest BCUT2D eigenvalue weighted by Gasteiger charge is -2.09. The van der Waals surface area contributed by atoms with Gasteiger partial charge in [0.1, 0.15) is 6.04 Å². The molecule has 4 N–H and O–H groups in total. The van der Waals surface area contributed by atoms with Crippen molar-refractivity contribution in [2.45, 2.75) is 38.6 Å². The van der Waals surface area contributed by atoms with Gasteiger partial charge in [0.15, 0.2) is 0 Å². The SMILES string of the molecule is CCCCOC(=O)[C@@H](N)CCC(N)=O. The van der Waals surface area contributed by atoms with Crippen LogP contribution in [0.2, 0.25) is 0 Å². The highest BCUT2D eigenvalue weighted by Crippen LogP contribution is 1.98. The number of esters is 1. The number of carbonyl (C=O) groups is 2. The van der Waals surface area contributed by atoms with Gasteiger partial charge >= 0.3 is 5.97 Å². The number of rotatable bonds is 7. The minimum atomic E-state index is -0.737. The molecular formula is C9H18N2O3. The number of carbonyl (C=O) groups excluding carboxylic acids is 2. The molecule has 0 fully saturated rings. The van der Waals surface area contributed by atoms with Gasteiger partial charge < -0.3 is 16.2 Å². The first-order valence-corrected chi connectivity index (χ1v) is 4.78. The molecule has 0 unspecified atom stereocenters. The van der Waals surface area contributed by atoms with Crippen molar-refractivity contribution >= 4 is 11.9 Å². The van der Waals surface area contributed by atoms with E-state index < -0.39 is 17.9 Å². The van der Waals surface area contributed by atoms with E-state index in [0.29, 0.717) is 6.61 Å². The molecule has 0 aromatic rings. The normalized spacial score (nSPS) is 12.1. The third kappa shape index (κ3) is 6.42. The molecule has 1 atom stereocenters. The van der Waals surface area contributed by atoms with Crippen LogP contribution in [0.15, 0.2) is 0 Å². The average molecular weight is 202 g/mol. The quantitative estimate of drug-likeness (QED) is 0.446. The molecule has 5 heteroatoms. The van der Waals surface area contributed by atoms with Crippen molar-refractivity contribution in [1.29, 1.82) is 0 Å². The summed E-state index contributed by atoms with van der Waals surface area (Å²) in [6.07, 6.45) is 2.16. The van der Waals surface area contributed by atoms with E-state index in [1.54, 1.807) is 0 Å². The first kappa shape index (κ1) is 12.9. The Bertz CT molecular complexity index is 194. The topological polar surface area (TPSA) is 95.4 Å². The summed E-state index contributed by atoms with van der Waals surface area (Å²) >= 11 is 0. The highest BCUT2D eigenvalue weighted by molar-refractivity contribution is 5.78. The van der Waals surface area contributed by atoms with Crippen LogP contribution in [-0.2, 0) is 14.3 Å². The lowest BCUT2D eigenvalue weighted by molar-refractivity contribution is -0.145. The molecule has 1 amide bonds. The van der Waals surface area contributed by atoms with Crippen molar-refractivity contribution < 1.29 is 14.3 Å². The van der Waals surface area contributed by atoms with Crippen molar-refractivity contribution in [3.8, 4) is 0 Å². The number of amides is 1. The Morgan fingerprint density at radius 1 is 1.43 bits per heavy atom. The number of hydrogen-bond acceptors (Lipinski definition) is 4. The third-order valence-electron chi connectivity index (χ3n) is 1.75. The Morgan fingerprint density at radius 2 is 2.07 bits per heavy atom. The fourth-order valence-electron chi connectivity index (χ4n) is 0.840. The Balaban J connectivity index is 3.59. The summed E-state index contributed by atoms with van der Waals surface area (Å²) in [5.41, 5.74) is 10.4. The summed E-state index contributed by atoms with van der Waals surface area (Å²) in [4.78, 5) is 21.5. The van der Waals surface area contributed by atoms with Crippen molar-refractivity contribution in [3.63, 3.8) is 0 Å². The molecule has 0 aromatic heterocycles. The molecule has 0 aromatic carbocycles. The molecule has 0 aliphatic heterocycles. The summed E-state index contributed by atoms with van der Waals surface area (Å²) in [6, 6.07) is -0.737. The fourth-order valence-corrected chi connectivity index (χ4v) is 0.840. The second-order valence-electron chi connectivity index (χ2n) is 3.13. The van der Waals surface area contributed by atoms with Crippen LogP contribution in [0.25, 0.3) is 0 Å². The lowest BCUT2D eigenvalue weighted by atomic mass is 10.1. The summed E-state index contributed by atoms with van der Waals surface area (Å²) < 4.78 is 4.86. The fraction of sp³-hybridized carbons (Fsp3) is 0.778.